The van der Waals surface area contributed by atoms with Crippen molar-refractivity contribution in [2.24, 2.45) is 0 Å². The Hall–Kier alpha value is -3.48. The van der Waals surface area contributed by atoms with Gasteiger partial charge in [-0.2, -0.15) is 0 Å². The minimum atomic E-state index is -0.749. The Bertz CT molecular complexity index is 1010. The first kappa shape index (κ1) is 17.0. The summed E-state index contributed by atoms with van der Waals surface area (Å²) >= 11 is 0. The third kappa shape index (κ3) is 2.97. The third-order valence-corrected chi connectivity index (χ3v) is 4.38. The first-order chi connectivity index (χ1) is 13.1. The first-order valence-electron chi connectivity index (χ1n) is 8.22. The van der Waals surface area contributed by atoms with Gasteiger partial charge < -0.3 is 10.1 Å². The van der Waals surface area contributed by atoms with Gasteiger partial charge in [0.1, 0.15) is 17.4 Å². The van der Waals surface area contributed by atoms with Crippen molar-refractivity contribution in [2.45, 2.75) is 6.17 Å². The number of benzene rings is 2. The minimum absolute atomic E-state index is 0.0752. The summed E-state index contributed by atoms with van der Waals surface area (Å²) in [6, 6.07) is 13.5. The number of anilines is 2. The number of hydrogen-bond donors (Lipinski definition) is 1. The highest BCUT2D eigenvalue weighted by molar-refractivity contribution is 6.11. The summed E-state index contributed by atoms with van der Waals surface area (Å²) in [5.74, 6) is -1.04. The molecule has 2 aromatic carbocycles. The SMILES string of the molecule is COc1ccc(N2C(=O)c3cccnc3C2Nc2ccc(F)cc2F)cc1. The molecule has 3 aromatic rings. The standard InChI is InChI=1S/C20H15F2N3O2/c1-27-14-7-5-13(6-8-14)25-19(18-15(20(25)26)3-2-10-23-18)24-17-9-4-12(21)11-16(17)22/h2-11,19,24H,1H3. The van der Waals surface area contributed by atoms with E-state index in [1.165, 1.54) is 11.0 Å². The van der Waals surface area contributed by atoms with E-state index in [0.717, 1.165) is 12.1 Å². The highest BCUT2D eigenvalue weighted by atomic mass is 19.1. The number of carbonyl (C=O) groups excluding carboxylic acids is 1. The predicted octanol–water partition coefficient (Wildman–Crippen LogP) is 4.14. The Morgan fingerprint density at radius 1 is 1.11 bits per heavy atom. The Kier molecular flexibility index (Phi) is 4.19. The van der Waals surface area contributed by atoms with Crippen molar-refractivity contribution in [3.8, 4) is 5.75 Å². The van der Waals surface area contributed by atoms with Crippen LogP contribution in [0.3, 0.4) is 0 Å². The summed E-state index contributed by atoms with van der Waals surface area (Å²) in [4.78, 5) is 18.7. The van der Waals surface area contributed by atoms with Gasteiger partial charge in [0.25, 0.3) is 5.91 Å². The number of rotatable bonds is 4. The van der Waals surface area contributed by atoms with Gasteiger partial charge in [0.2, 0.25) is 0 Å². The number of pyridine rings is 1. The molecule has 1 unspecified atom stereocenters. The number of fused-ring (bicyclic) bond motifs is 1. The summed E-state index contributed by atoms with van der Waals surface area (Å²) < 4.78 is 32.5. The maximum Gasteiger partial charge on any atom is 0.262 e. The molecular weight excluding hydrogens is 352 g/mol. The van der Waals surface area contributed by atoms with Crippen molar-refractivity contribution >= 4 is 17.3 Å². The molecule has 0 spiro atoms. The van der Waals surface area contributed by atoms with Crippen LogP contribution in [0.15, 0.2) is 60.8 Å². The van der Waals surface area contributed by atoms with Gasteiger partial charge in [-0.1, -0.05) is 0 Å². The molecule has 1 aliphatic rings. The van der Waals surface area contributed by atoms with E-state index in [4.69, 9.17) is 4.74 Å². The largest absolute Gasteiger partial charge is 0.497 e. The minimum Gasteiger partial charge on any atom is -0.497 e. The van der Waals surface area contributed by atoms with Crippen LogP contribution in [0.5, 0.6) is 5.75 Å². The van der Waals surface area contributed by atoms with E-state index in [1.807, 2.05) is 0 Å². The van der Waals surface area contributed by atoms with Crippen LogP contribution in [0.25, 0.3) is 0 Å². The van der Waals surface area contributed by atoms with E-state index in [2.05, 4.69) is 10.3 Å². The summed E-state index contributed by atoms with van der Waals surface area (Å²) in [6.07, 6.45) is 0.835. The molecule has 1 aliphatic heterocycles. The van der Waals surface area contributed by atoms with Crippen LogP contribution in [-0.4, -0.2) is 18.0 Å². The quantitative estimate of drug-likeness (QED) is 0.753. The molecule has 1 amide bonds. The first-order valence-corrected chi connectivity index (χ1v) is 8.22. The number of halogens is 2. The fourth-order valence-electron chi connectivity index (χ4n) is 3.08. The maximum atomic E-state index is 14.2. The van der Waals surface area contributed by atoms with Gasteiger partial charge in [-0.3, -0.25) is 14.7 Å². The predicted molar refractivity (Wildman–Crippen MR) is 96.8 cm³/mol. The molecule has 0 radical (unpaired) electrons. The number of nitrogens with zero attached hydrogens (tertiary/aromatic N) is 2. The Morgan fingerprint density at radius 2 is 1.89 bits per heavy atom. The smallest absolute Gasteiger partial charge is 0.262 e. The van der Waals surface area contributed by atoms with Gasteiger partial charge in [0, 0.05) is 18.0 Å². The number of carbonyl (C=O) groups is 1. The van der Waals surface area contributed by atoms with Gasteiger partial charge in [-0.05, 0) is 48.5 Å². The molecule has 0 aliphatic carbocycles. The van der Waals surface area contributed by atoms with Crippen LogP contribution >= 0.6 is 0 Å². The highest BCUT2D eigenvalue weighted by Crippen LogP contribution is 2.37. The summed E-state index contributed by atoms with van der Waals surface area (Å²) in [5.41, 5.74) is 1.57. The number of methoxy groups -OCH3 is 1. The van der Waals surface area contributed by atoms with Crippen molar-refractivity contribution in [3.05, 3.63) is 83.7 Å². The van der Waals surface area contributed by atoms with Crippen LogP contribution in [-0.2, 0) is 0 Å². The average Bonchev–Trinajstić information content (AvgIpc) is 2.96. The molecule has 1 N–H and O–H groups in total. The molecule has 0 saturated carbocycles. The number of amides is 1. The van der Waals surface area contributed by atoms with Crippen molar-refractivity contribution in [1.29, 1.82) is 0 Å². The van der Waals surface area contributed by atoms with Crippen LogP contribution in [0.1, 0.15) is 22.2 Å². The van der Waals surface area contributed by atoms with E-state index in [1.54, 1.807) is 49.7 Å². The van der Waals surface area contributed by atoms with Gasteiger partial charge in [0.15, 0.2) is 6.17 Å². The average molecular weight is 367 g/mol. The zero-order valence-electron chi connectivity index (χ0n) is 14.3. The van der Waals surface area contributed by atoms with Crippen LogP contribution < -0.4 is 15.0 Å². The molecule has 1 aromatic heterocycles. The van der Waals surface area contributed by atoms with Crippen LogP contribution in [0.4, 0.5) is 20.2 Å². The van der Waals surface area contributed by atoms with E-state index in [9.17, 15) is 13.6 Å². The van der Waals surface area contributed by atoms with Crippen LogP contribution in [0.2, 0.25) is 0 Å². The van der Waals surface area contributed by atoms with E-state index in [0.29, 0.717) is 22.7 Å². The monoisotopic (exact) mass is 367 g/mol. The fourth-order valence-corrected chi connectivity index (χ4v) is 3.08. The van der Waals surface area contributed by atoms with Crippen LogP contribution in [0, 0.1) is 11.6 Å². The number of nitrogens with one attached hydrogen (secondary N) is 1. The van der Waals surface area contributed by atoms with E-state index < -0.39 is 17.8 Å². The molecule has 5 nitrogen and oxygen atoms in total. The Balaban J connectivity index is 1.77. The molecule has 0 bridgehead atoms. The lowest BCUT2D eigenvalue weighted by atomic mass is 10.2. The molecular formula is C20H15F2N3O2. The molecule has 1 atom stereocenters. The second kappa shape index (κ2) is 6.68. The molecule has 27 heavy (non-hydrogen) atoms. The summed E-state index contributed by atoms with van der Waals surface area (Å²) in [6.45, 7) is 0. The Morgan fingerprint density at radius 3 is 2.59 bits per heavy atom. The third-order valence-electron chi connectivity index (χ3n) is 4.38. The zero-order valence-corrected chi connectivity index (χ0v) is 14.3. The van der Waals surface area contributed by atoms with E-state index >= 15 is 0 Å². The molecule has 2 heterocycles. The number of ether oxygens (including phenoxy) is 1. The topological polar surface area (TPSA) is 54.5 Å². The van der Waals surface area contributed by atoms with Gasteiger partial charge in [-0.25, -0.2) is 8.78 Å². The van der Waals surface area contributed by atoms with Gasteiger partial charge >= 0.3 is 0 Å². The highest BCUT2D eigenvalue weighted by Gasteiger charge is 2.39. The second-order valence-electron chi connectivity index (χ2n) is 5.98. The van der Waals surface area contributed by atoms with Crippen molar-refractivity contribution in [2.75, 3.05) is 17.3 Å². The normalized spacial score (nSPS) is 15.6. The Labute approximate surface area is 154 Å². The molecule has 136 valence electrons. The lowest BCUT2D eigenvalue weighted by molar-refractivity contribution is 0.0993. The maximum absolute atomic E-state index is 14.2. The molecule has 4 rings (SSSR count). The second-order valence-corrected chi connectivity index (χ2v) is 5.98. The lowest BCUT2D eigenvalue weighted by Crippen LogP contribution is -2.32. The van der Waals surface area contributed by atoms with Crippen molar-refractivity contribution in [1.82, 2.24) is 4.98 Å². The van der Waals surface area contributed by atoms with Crippen molar-refractivity contribution < 1.29 is 18.3 Å². The van der Waals surface area contributed by atoms with Gasteiger partial charge in [-0.15, -0.1) is 0 Å². The van der Waals surface area contributed by atoms with Gasteiger partial charge in [0.05, 0.1) is 24.1 Å². The lowest BCUT2D eigenvalue weighted by Gasteiger charge is -2.26. The summed E-state index contributed by atoms with van der Waals surface area (Å²) in [7, 11) is 1.55. The molecule has 0 saturated heterocycles. The van der Waals surface area contributed by atoms with E-state index in [-0.39, 0.29) is 11.6 Å². The molecule has 7 heteroatoms. The molecule has 0 fully saturated rings. The summed E-state index contributed by atoms with van der Waals surface area (Å²) in [5, 5.41) is 2.97. The fraction of sp³-hybridized carbons (Fsp3) is 0.100. The van der Waals surface area contributed by atoms with Crippen molar-refractivity contribution in [3.63, 3.8) is 0 Å². The number of hydrogen-bond acceptors (Lipinski definition) is 4. The number of aromatic nitrogens is 1. The zero-order chi connectivity index (χ0) is 19.0.